The lowest BCUT2D eigenvalue weighted by atomic mass is 10.1. The van der Waals surface area contributed by atoms with Gasteiger partial charge in [0.15, 0.2) is 5.75 Å². The van der Waals surface area contributed by atoms with E-state index >= 15 is 0 Å². The maximum Gasteiger partial charge on any atom is 0.339 e. The van der Waals surface area contributed by atoms with Gasteiger partial charge in [0.2, 0.25) is 0 Å². The molecule has 1 rings (SSSR count). The summed E-state index contributed by atoms with van der Waals surface area (Å²) >= 11 is 6.00. The Bertz CT molecular complexity index is 386. The van der Waals surface area contributed by atoms with Gasteiger partial charge in [-0.25, -0.2) is 4.79 Å². The number of rotatable bonds is 3. The van der Waals surface area contributed by atoms with E-state index in [1.165, 1.54) is 6.07 Å². The fraction of sp³-hybridized carbons (Fsp3) is 0.364. The highest BCUT2D eigenvalue weighted by atomic mass is 35.5. The number of carbonyl (C=O) groups is 1. The van der Waals surface area contributed by atoms with Crippen molar-refractivity contribution >= 4 is 17.6 Å². The minimum absolute atomic E-state index is 0.0966. The molecule has 0 aliphatic rings. The molecule has 0 saturated carbocycles. The van der Waals surface area contributed by atoms with E-state index in [0.29, 0.717) is 5.02 Å². The topological polar surface area (TPSA) is 46.5 Å². The highest BCUT2D eigenvalue weighted by Crippen LogP contribution is 2.32. The molecule has 1 aromatic carbocycles. The summed E-state index contributed by atoms with van der Waals surface area (Å²) in [6.07, 6.45) is -0.109. The normalized spacial score (nSPS) is 10.5. The monoisotopic (exact) mass is 228 g/mol. The van der Waals surface area contributed by atoms with Crippen LogP contribution in [0.1, 0.15) is 29.8 Å². The third kappa shape index (κ3) is 2.63. The largest absolute Gasteiger partial charge is 0.489 e. The van der Waals surface area contributed by atoms with Crippen LogP contribution in [0.25, 0.3) is 0 Å². The van der Waals surface area contributed by atoms with Crippen molar-refractivity contribution in [2.24, 2.45) is 0 Å². The molecule has 0 unspecified atom stereocenters. The molecule has 0 fully saturated rings. The van der Waals surface area contributed by atoms with Gasteiger partial charge in [-0.05, 0) is 32.4 Å². The smallest absolute Gasteiger partial charge is 0.339 e. The van der Waals surface area contributed by atoms with Crippen molar-refractivity contribution in [3.05, 3.63) is 28.3 Å². The van der Waals surface area contributed by atoms with Crippen LogP contribution in [0.15, 0.2) is 12.1 Å². The van der Waals surface area contributed by atoms with Crippen LogP contribution >= 0.6 is 11.6 Å². The minimum atomic E-state index is -1.03. The van der Waals surface area contributed by atoms with Crippen molar-refractivity contribution < 1.29 is 14.6 Å². The maximum atomic E-state index is 10.9. The van der Waals surface area contributed by atoms with Crippen molar-refractivity contribution in [1.29, 1.82) is 0 Å². The molecule has 4 heteroatoms. The lowest BCUT2D eigenvalue weighted by molar-refractivity contribution is 0.0690. The first-order valence-electron chi connectivity index (χ1n) is 4.62. The van der Waals surface area contributed by atoms with Crippen molar-refractivity contribution in [2.75, 3.05) is 0 Å². The molecule has 15 heavy (non-hydrogen) atoms. The first kappa shape index (κ1) is 11.9. The number of halogens is 1. The van der Waals surface area contributed by atoms with Crippen LogP contribution in [0, 0.1) is 6.92 Å². The van der Waals surface area contributed by atoms with E-state index in [1.807, 2.05) is 13.8 Å². The Morgan fingerprint density at radius 2 is 2.07 bits per heavy atom. The van der Waals surface area contributed by atoms with E-state index in [4.69, 9.17) is 21.4 Å². The minimum Gasteiger partial charge on any atom is -0.489 e. The lowest BCUT2D eigenvalue weighted by Crippen LogP contribution is -2.10. The number of ether oxygens (including phenoxy) is 1. The van der Waals surface area contributed by atoms with Gasteiger partial charge < -0.3 is 9.84 Å². The molecule has 0 aliphatic carbocycles. The lowest BCUT2D eigenvalue weighted by Gasteiger charge is -2.15. The van der Waals surface area contributed by atoms with E-state index in [2.05, 4.69) is 0 Å². The molecule has 0 saturated heterocycles. The van der Waals surface area contributed by atoms with Crippen molar-refractivity contribution in [2.45, 2.75) is 26.9 Å². The van der Waals surface area contributed by atoms with Gasteiger partial charge in [0.25, 0.3) is 0 Å². The molecule has 0 aliphatic heterocycles. The Kier molecular flexibility index (Phi) is 3.58. The molecular formula is C11H13ClO3. The van der Waals surface area contributed by atoms with Gasteiger partial charge in [-0.1, -0.05) is 17.7 Å². The van der Waals surface area contributed by atoms with Crippen LogP contribution in [0.3, 0.4) is 0 Å². The Hall–Kier alpha value is -1.22. The van der Waals surface area contributed by atoms with E-state index in [9.17, 15) is 4.79 Å². The molecule has 0 atom stereocenters. The second kappa shape index (κ2) is 4.53. The van der Waals surface area contributed by atoms with Gasteiger partial charge >= 0.3 is 5.97 Å². The highest BCUT2D eigenvalue weighted by Gasteiger charge is 2.17. The zero-order valence-corrected chi connectivity index (χ0v) is 9.63. The average Bonchev–Trinajstić information content (AvgIpc) is 2.12. The maximum absolute atomic E-state index is 10.9. The summed E-state index contributed by atoms with van der Waals surface area (Å²) in [7, 11) is 0. The van der Waals surface area contributed by atoms with Gasteiger partial charge in [0.1, 0.15) is 5.56 Å². The van der Waals surface area contributed by atoms with Gasteiger partial charge in [-0.3, -0.25) is 0 Å². The van der Waals surface area contributed by atoms with E-state index in [-0.39, 0.29) is 17.4 Å². The predicted octanol–water partition coefficient (Wildman–Crippen LogP) is 3.13. The van der Waals surface area contributed by atoms with E-state index < -0.39 is 5.97 Å². The number of aromatic carboxylic acids is 1. The molecule has 3 nitrogen and oxygen atoms in total. The summed E-state index contributed by atoms with van der Waals surface area (Å²) in [5, 5.41) is 9.32. The Morgan fingerprint density at radius 3 is 2.53 bits per heavy atom. The third-order valence-corrected chi connectivity index (χ3v) is 2.34. The molecule has 0 radical (unpaired) electrons. The van der Waals surface area contributed by atoms with Crippen LogP contribution in [0.4, 0.5) is 0 Å². The van der Waals surface area contributed by atoms with Gasteiger partial charge in [0.05, 0.1) is 11.1 Å². The van der Waals surface area contributed by atoms with Crippen molar-refractivity contribution in [3.63, 3.8) is 0 Å². The molecule has 1 aromatic rings. The van der Waals surface area contributed by atoms with Crippen LogP contribution < -0.4 is 4.74 Å². The molecule has 0 spiro atoms. The van der Waals surface area contributed by atoms with E-state index in [0.717, 1.165) is 5.56 Å². The molecule has 0 aromatic heterocycles. The predicted molar refractivity (Wildman–Crippen MR) is 58.9 cm³/mol. The van der Waals surface area contributed by atoms with Crippen molar-refractivity contribution in [3.8, 4) is 5.75 Å². The summed E-state index contributed by atoms with van der Waals surface area (Å²) in [6, 6.07) is 3.17. The first-order valence-corrected chi connectivity index (χ1v) is 5.00. The first-order chi connectivity index (χ1) is 6.93. The average molecular weight is 229 g/mol. The standard InChI is InChI=1S/C11H13ClO3/c1-6(2)15-10-8(11(13)14)5-4-7(3)9(10)12/h4-6H,1-3H3,(H,13,14). The summed E-state index contributed by atoms with van der Waals surface area (Å²) in [5.41, 5.74) is 0.900. The summed E-state index contributed by atoms with van der Waals surface area (Å²) in [5.74, 6) is -0.785. The fourth-order valence-corrected chi connectivity index (χ4v) is 1.38. The van der Waals surface area contributed by atoms with Crippen LogP contribution in [0.2, 0.25) is 5.02 Å². The van der Waals surface area contributed by atoms with Crippen molar-refractivity contribution in [1.82, 2.24) is 0 Å². The van der Waals surface area contributed by atoms with Gasteiger partial charge in [-0.15, -0.1) is 0 Å². The van der Waals surface area contributed by atoms with E-state index in [1.54, 1.807) is 13.0 Å². The van der Waals surface area contributed by atoms with Gasteiger partial charge in [-0.2, -0.15) is 0 Å². The molecular weight excluding hydrogens is 216 g/mol. The fourth-order valence-electron chi connectivity index (χ4n) is 1.17. The summed E-state index contributed by atoms with van der Waals surface area (Å²) in [4.78, 5) is 10.9. The number of benzene rings is 1. The second-order valence-corrected chi connectivity index (χ2v) is 3.92. The molecule has 82 valence electrons. The molecule has 0 bridgehead atoms. The Labute approximate surface area is 93.6 Å². The molecule has 1 N–H and O–H groups in total. The quantitative estimate of drug-likeness (QED) is 0.865. The van der Waals surface area contributed by atoms with Crippen LogP contribution in [-0.4, -0.2) is 17.2 Å². The number of carboxylic acid groups (broad SMARTS) is 1. The van der Waals surface area contributed by atoms with Gasteiger partial charge in [0, 0.05) is 0 Å². The zero-order chi connectivity index (χ0) is 11.6. The summed E-state index contributed by atoms with van der Waals surface area (Å²) in [6.45, 7) is 5.45. The number of hydrogen-bond acceptors (Lipinski definition) is 2. The number of carboxylic acids is 1. The highest BCUT2D eigenvalue weighted by molar-refractivity contribution is 6.33. The second-order valence-electron chi connectivity index (χ2n) is 3.54. The summed E-state index contributed by atoms with van der Waals surface area (Å²) < 4.78 is 5.41. The third-order valence-electron chi connectivity index (χ3n) is 1.87. The Morgan fingerprint density at radius 1 is 1.47 bits per heavy atom. The Balaban J connectivity index is 3.28. The van der Waals surface area contributed by atoms with Crippen LogP contribution in [0.5, 0.6) is 5.75 Å². The molecule has 0 heterocycles. The number of hydrogen-bond donors (Lipinski definition) is 1. The zero-order valence-electron chi connectivity index (χ0n) is 8.87. The SMILES string of the molecule is Cc1ccc(C(=O)O)c(OC(C)C)c1Cl. The number of aryl methyl sites for hydroxylation is 1. The van der Waals surface area contributed by atoms with Crippen LogP contribution in [-0.2, 0) is 0 Å². The molecule has 0 amide bonds.